The van der Waals surface area contributed by atoms with Crippen molar-refractivity contribution in [2.45, 2.75) is 32.0 Å². The van der Waals surface area contributed by atoms with E-state index >= 15 is 0 Å². The molecule has 1 saturated heterocycles. The van der Waals surface area contributed by atoms with Crippen molar-refractivity contribution in [3.63, 3.8) is 0 Å². The fraction of sp³-hybridized carbons (Fsp3) is 0.250. The minimum absolute atomic E-state index is 0.00890. The highest BCUT2D eigenvalue weighted by atomic mass is 19.1. The molecule has 2 aliphatic rings. The topological polar surface area (TPSA) is 120 Å². The van der Waals surface area contributed by atoms with Gasteiger partial charge in [-0.2, -0.15) is 5.10 Å². The standard InChI is InChI=1S/C28H29FN8O/c1-18-23-24(38-16-19-9-5-6-12-22(19)29)21(15-32-27(23)37(35-18)20-10-3-2-4-11-20)28(31)25(26(30)33-17-34-28)36-13-7-8-14-36/h2-6,9-12,15,17H,7-8,13-14,16,30-31H2,1H3,(H,33,34). The number of nitrogens with zero attached hydrogens (tertiary/aromatic N) is 5. The molecule has 1 fully saturated rings. The van der Waals surface area contributed by atoms with E-state index in [-0.39, 0.29) is 12.4 Å². The van der Waals surface area contributed by atoms with E-state index in [1.165, 1.54) is 12.4 Å². The molecule has 2 aromatic heterocycles. The van der Waals surface area contributed by atoms with Gasteiger partial charge in [-0.1, -0.05) is 36.4 Å². The van der Waals surface area contributed by atoms with Gasteiger partial charge in [0.05, 0.1) is 28.7 Å². The van der Waals surface area contributed by atoms with Crippen molar-refractivity contribution >= 4 is 17.4 Å². The number of halogens is 1. The number of ether oxygens (including phenoxy) is 1. The number of aliphatic imine (C=N–C) groups is 1. The maximum atomic E-state index is 14.6. The lowest BCUT2D eigenvalue weighted by atomic mass is 9.94. The molecule has 10 heteroatoms. The Morgan fingerprint density at radius 2 is 1.82 bits per heavy atom. The van der Waals surface area contributed by atoms with E-state index in [1.807, 2.05) is 37.3 Å². The van der Waals surface area contributed by atoms with Crippen LogP contribution in [0.1, 0.15) is 29.7 Å². The highest BCUT2D eigenvalue weighted by Crippen LogP contribution is 2.43. The van der Waals surface area contributed by atoms with Crippen LogP contribution in [0.3, 0.4) is 0 Å². The largest absolute Gasteiger partial charge is 0.487 e. The fourth-order valence-corrected chi connectivity index (χ4v) is 5.24. The van der Waals surface area contributed by atoms with E-state index in [4.69, 9.17) is 26.3 Å². The lowest BCUT2D eigenvalue weighted by molar-refractivity contribution is 0.281. The first-order valence-corrected chi connectivity index (χ1v) is 12.6. The molecule has 1 unspecified atom stereocenters. The first-order chi connectivity index (χ1) is 18.5. The van der Waals surface area contributed by atoms with E-state index in [2.05, 4.69) is 15.2 Å². The Morgan fingerprint density at radius 3 is 2.58 bits per heavy atom. The molecule has 2 aliphatic heterocycles. The smallest absolute Gasteiger partial charge is 0.184 e. The van der Waals surface area contributed by atoms with E-state index in [1.54, 1.807) is 29.1 Å². The van der Waals surface area contributed by atoms with Crippen LogP contribution in [0.4, 0.5) is 4.39 Å². The van der Waals surface area contributed by atoms with E-state index < -0.39 is 5.66 Å². The zero-order valence-electron chi connectivity index (χ0n) is 21.1. The van der Waals surface area contributed by atoms with Crippen molar-refractivity contribution in [1.82, 2.24) is 25.0 Å². The second-order valence-corrected chi connectivity index (χ2v) is 9.54. The van der Waals surface area contributed by atoms with E-state index in [0.717, 1.165) is 31.6 Å². The SMILES string of the molecule is Cc1nn(-c2ccccc2)c2ncc(C3(N)N=CNC(N)=C3N3CCCC3)c(OCc3ccccc3F)c12. The molecular formula is C28H29FN8O. The third kappa shape index (κ3) is 3.93. The van der Waals surface area contributed by atoms with Gasteiger partial charge in [0.2, 0.25) is 0 Å². The number of nitrogens with one attached hydrogen (secondary N) is 1. The summed E-state index contributed by atoms with van der Waals surface area (Å²) in [4.78, 5) is 11.6. The second kappa shape index (κ2) is 9.46. The molecule has 0 amide bonds. The van der Waals surface area contributed by atoms with E-state index in [9.17, 15) is 4.39 Å². The lowest BCUT2D eigenvalue weighted by Crippen LogP contribution is -2.50. The Balaban J connectivity index is 1.56. The first-order valence-electron chi connectivity index (χ1n) is 12.6. The minimum atomic E-state index is -1.37. The van der Waals surface area contributed by atoms with Crippen molar-refractivity contribution in [3.05, 3.63) is 95.0 Å². The fourth-order valence-electron chi connectivity index (χ4n) is 5.24. The van der Waals surface area contributed by atoms with Crippen LogP contribution >= 0.6 is 0 Å². The third-order valence-corrected chi connectivity index (χ3v) is 7.09. The van der Waals surface area contributed by atoms with Gasteiger partial charge in [0.1, 0.15) is 29.7 Å². The number of nitrogens with two attached hydrogens (primary N) is 2. The molecule has 0 radical (unpaired) electrons. The molecule has 0 aliphatic carbocycles. The highest BCUT2D eigenvalue weighted by molar-refractivity contribution is 5.88. The van der Waals surface area contributed by atoms with Gasteiger partial charge in [0, 0.05) is 24.8 Å². The maximum Gasteiger partial charge on any atom is 0.184 e. The summed E-state index contributed by atoms with van der Waals surface area (Å²) in [5.74, 6) is 0.533. The van der Waals surface area contributed by atoms with Crippen LogP contribution in [0.15, 0.2) is 77.3 Å². The Labute approximate surface area is 219 Å². The van der Waals surface area contributed by atoms with Gasteiger partial charge in [-0.05, 0) is 38.0 Å². The molecule has 1 atom stereocenters. The lowest BCUT2D eigenvalue weighted by Gasteiger charge is -2.38. The number of hydrogen-bond acceptors (Lipinski definition) is 8. The quantitative estimate of drug-likeness (QED) is 0.362. The average molecular weight is 513 g/mol. The molecular weight excluding hydrogens is 483 g/mol. The number of pyridine rings is 1. The molecule has 5 N–H and O–H groups in total. The van der Waals surface area contributed by atoms with E-state index in [0.29, 0.717) is 45.1 Å². The van der Waals surface area contributed by atoms with Gasteiger partial charge in [0.15, 0.2) is 11.3 Å². The summed E-state index contributed by atoms with van der Waals surface area (Å²) in [7, 11) is 0. The van der Waals surface area contributed by atoms with Crippen LogP contribution in [-0.4, -0.2) is 39.1 Å². The molecule has 4 heterocycles. The molecule has 4 aromatic rings. The Bertz CT molecular complexity index is 1560. The Hall–Kier alpha value is -4.44. The highest BCUT2D eigenvalue weighted by Gasteiger charge is 2.43. The normalized spacial score (nSPS) is 19.3. The average Bonchev–Trinajstić information content (AvgIpc) is 3.57. The molecule has 0 saturated carbocycles. The van der Waals surface area contributed by atoms with Gasteiger partial charge < -0.3 is 20.7 Å². The molecule has 0 spiro atoms. The number of hydrogen-bond donors (Lipinski definition) is 3. The van der Waals surface area contributed by atoms with Crippen LogP contribution in [0.5, 0.6) is 5.75 Å². The van der Waals surface area contributed by atoms with Crippen molar-refractivity contribution in [2.75, 3.05) is 13.1 Å². The summed E-state index contributed by atoms with van der Waals surface area (Å²) < 4.78 is 22.8. The van der Waals surface area contributed by atoms with Crippen LogP contribution in [0, 0.1) is 12.7 Å². The summed E-state index contributed by atoms with van der Waals surface area (Å²) in [5, 5.41) is 8.47. The first kappa shape index (κ1) is 23.9. The predicted octanol–water partition coefficient (Wildman–Crippen LogP) is 3.41. The number of likely N-dealkylation sites (tertiary alicyclic amines) is 1. The van der Waals surface area contributed by atoms with Crippen LogP contribution in [-0.2, 0) is 12.3 Å². The molecule has 38 heavy (non-hydrogen) atoms. The van der Waals surface area contributed by atoms with Crippen LogP contribution in [0.25, 0.3) is 16.7 Å². The summed E-state index contributed by atoms with van der Waals surface area (Å²) in [6, 6.07) is 16.3. The molecule has 2 aromatic carbocycles. The van der Waals surface area contributed by atoms with Crippen molar-refractivity contribution in [2.24, 2.45) is 16.5 Å². The van der Waals surface area contributed by atoms with Crippen LogP contribution < -0.4 is 21.5 Å². The van der Waals surface area contributed by atoms with Gasteiger partial charge in [-0.25, -0.2) is 19.0 Å². The Morgan fingerprint density at radius 1 is 1.08 bits per heavy atom. The molecule has 0 bridgehead atoms. The second-order valence-electron chi connectivity index (χ2n) is 9.54. The number of aryl methyl sites for hydroxylation is 1. The third-order valence-electron chi connectivity index (χ3n) is 7.09. The molecule has 194 valence electrons. The van der Waals surface area contributed by atoms with Gasteiger partial charge in [-0.15, -0.1) is 0 Å². The summed E-state index contributed by atoms with van der Waals surface area (Å²) in [6.45, 7) is 3.52. The Kier molecular flexibility index (Phi) is 5.96. The maximum absolute atomic E-state index is 14.6. The molecule has 6 rings (SSSR count). The van der Waals surface area contributed by atoms with Crippen molar-refractivity contribution < 1.29 is 9.13 Å². The summed E-state index contributed by atoms with van der Waals surface area (Å²) in [5.41, 5.74) is 16.0. The zero-order valence-corrected chi connectivity index (χ0v) is 21.1. The van der Waals surface area contributed by atoms with Gasteiger partial charge >= 0.3 is 0 Å². The zero-order chi connectivity index (χ0) is 26.3. The minimum Gasteiger partial charge on any atom is -0.487 e. The van der Waals surface area contributed by atoms with Gasteiger partial charge in [-0.3, -0.25) is 5.73 Å². The number of benzene rings is 2. The molecule has 9 nitrogen and oxygen atoms in total. The predicted molar refractivity (Wildman–Crippen MR) is 144 cm³/mol. The summed E-state index contributed by atoms with van der Waals surface area (Å²) >= 11 is 0. The number of rotatable bonds is 6. The summed E-state index contributed by atoms with van der Waals surface area (Å²) in [6.07, 6.45) is 5.24. The number of para-hydroxylation sites is 1. The van der Waals surface area contributed by atoms with Crippen LogP contribution in [0.2, 0.25) is 0 Å². The number of aromatic nitrogens is 3. The van der Waals surface area contributed by atoms with Gasteiger partial charge in [0.25, 0.3) is 0 Å². The van der Waals surface area contributed by atoms with Crippen molar-refractivity contribution in [3.8, 4) is 11.4 Å². The van der Waals surface area contributed by atoms with Crippen molar-refractivity contribution in [1.29, 1.82) is 0 Å². The number of fused-ring (bicyclic) bond motifs is 1. The monoisotopic (exact) mass is 512 g/mol.